The summed E-state index contributed by atoms with van der Waals surface area (Å²) < 4.78 is 17.4. The fourth-order valence-electron chi connectivity index (χ4n) is 3.19. The Morgan fingerprint density at radius 3 is 2.10 bits per heavy atom. The minimum atomic E-state index is -2.45. The van der Waals surface area contributed by atoms with Gasteiger partial charge in [0.15, 0.2) is 17.3 Å². The van der Waals surface area contributed by atoms with Crippen molar-refractivity contribution in [3.8, 4) is 28.5 Å². The van der Waals surface area contributed by atoms with Crippen LogP contribution in [0.4, 0.5) is 0 Å². The Bertz CT molecular complexity index is 1010. The third kappa shape index (κ3) is 3.38. The second kappa shape index (κ2) is 7.84. The second-order valence-electron chi connectivity index (χ2n) is 6.36. The topological polar surface area (TPSA) is 103 Å². The second-order valence-corrected chi connectivity index (χ2v) is 6.36. The van der Waals surface area contributed by atoms with E-state index in [0.717, 1.165) is 5.56 Å². The molecule has 152 valence electrons. The van der Waals surface area contributed by atoms with Crippen LogP contribution in [0.1, 0.15) is 11.4 Å². The maximum atomic E-state index is 12.3. The van der Waals surface area contributed by atoms with Crippen LogP contribution in [-0.2, 0) is 17.4 Å². The number of carbonyl (C=O) groups is 1. The fraction of sp³-hybridized carbons (Fsp3) is 0.238. The van der Waals surface area contributed by atoms with E-state index in [1.54, 1.807) is 13.2 Å². The molecule has 3 aromatic rings. The van der Waals surface area contributed by atoms with Crippen LogP contribution in [0.3, 0.4) is 0 Å². The number of benzene rings is 2. The molecule has 0 fully saturated rings. The first-order valence-electron chi connectivity index (χ1n) is 8.72. The highest BCUT2D eigenvalue weighted by molar-refractivity contribution is 5.83. The van der Waals surface area contributed by atoms with Gasteiger partial charge in [0.1, 0.15) is 0 Å². The average Bonchev–Trinajstić information content (AvgIpc) is 3.14. The van der Waals surface area contributed by atoms with Gasteiger partial charge < -0.3 is 29.0 Å². The zero-order valence-corrected chi connectivity index (χ0v) is 16.5. The first kappa shape index (κ1) is 20.2. The van der Waals surface area contributed by atoms with E-state index < -0.39 is 11.6 Å². The summed E-state index contributed by atoms with van der Waals surface area (Å²) in [4.78, 5) is 16.7. The normalized spacial score (nSPS) is 12.9. The Labute approximate surface area is 167 Å². The molecular weight excluding hydrogens is 376 g/mol. The smallest absolute Gasteiger partial charge is 0.348 e. The van der Waals surface area contributed by atoms with Crippen molar-refractivity contribution < 1.29 is 29.2 Å². The van der Waals surface area contributed by atoms with Gasteiger partial charge in [-0.2, -0.15) is 0 Å². The summed E-state index contributed by atoms with van der Waals surface area (Å²) >= 11 is 0. The number of aryl methyl sites for hydroxylation is 1. The minimum Gasteiger partial charge on any atom is -0.493 e. The van der Waals surface area contributed by atoms with Crippen molar-refractivity contribution in [3.05, 3.63) is 60.0 Å². The molecule has 0 aliphatic rings. The van der Waals surface area contributed by atoms with Crippen molar-refractivity contribution in [2.24, 2.45) is 7.05 Å². The van der Waals surface area contributed by atoms with Crippen molar-refractivity contribution in [1.82, 2.24) is 9.55 Å². The Hall–Kier alpha value is -3.52. The van der Waals surface area contributed by atoms with Gasteiger partial charge in [-0.3, -0.25) is 0 Å². The van der Waals surface area contributed by atoms with Gasteiger partial charge in [-0.15, -0.1) is 0 Å². The van der Waals surface area contributed by atoms with E-state index in [4.69, 9.17) is 14.2 Å². The Morgan fingerprint density at radius 1 is 1.03 bits per heavy atom. The fourth-order valence-corrected chi connectivity index (χ4v) is 3.19. The summed E-state index contributed by atoms with van der Waals surface area (Å²) in [5.41, 5.74) is -1.09. The van der Waals surface area contributed by atoms with E-state index in [9.17, 15) is 15.0 Å². The standard InChI is InChI=1S/C21H22N2O6/c1-23-12-15(13-8-6-5-7-9-13)22-19(23)21(26,20(24)25)14-10-16(27-2)18(29-4)17(11-14)28-3/h5-12,26H,1-4H3,(H,24,25). The van der Waals surface area contributed by atoms with Crippen LogP contribution in [0.25, 0.3) is 11.3 Å². The highest BCUT2D eigenvalue weighted by Crippen LogP contribution is 2.42. The minimum absolute atomic E-state index is 0.0211. The van der Waals surface area contributed by atoms with Crippen molar-refractivity contribution in [2.75, 3.05) is 21.3 Å². The quantitative estimate of drug-likeness (QED) is 0.630. The molecule has 8 heteroatoms. The number of carboxylic acids is 1. The molecule has 2 N–H and O–H groups in total. The molecule has 29 heavy (non-hydrogen) atoms. The SMILES string of the molecule is COc1cc(C(O)(C(=O)O)c2nc(-c3ccccc3)cn2C)cc(OC)c1OC. The number of methoxy groups -OCH3 is 3. The lowest BCUT2D eigenvalue weighted by molar-refractivity contribution is -0.156. The van der Waals surface area contributed by atoms with Crippen LogP contribution in [0.5, 0.6) is 17.2 Å². The van der Waals surface area contributed by atoms with Crippen molar-refractivity contribution in [2.45, 2.75) is 5.60 Å². The van der Waals surface area contributed by atoms with Gasteiger partial charge in [-0.05, 0) is 12.1 Å². The zero-order valence-electron chi connectivity index (χ0n) is 16.5. The maximum absolute atomic E-state index is 12.3. The van der Waals surface area contributed by atoms with Gasteiger partial charge in [-0.25, -0.2) is 9.78 Å². The number of nitrogens with zero attached hydrogens (tertiary/aromatic N) is 2. The molecule has 1 unspecified atom stereocenters. The van der Waals surface area contributed by atoms with Crippen molar-refractivity contribution in [3.63, 3.8) is 0 Å². The number of aliphatic hydroxyl groups is 1. The number of imidazole rings is 1. The molecule has 0 saturated carbocycles. The molecule has 1 heterocycles. The van der Waals surface area contributed by atoms with Crippen LogP contribution in [0.15, 0.2) is 48.7 Å². The third-order valence-corrected chi connectivity index (χ3v) is 4.66. The molecule has 0 aliphatic heterocycles. The summed E-state index contributed by atoms with van der Waals surface area (Å²) in [5, 5.41) is 21.3. The van der Waals surface area contributed by atoms with Crippen LogP contribution < -0.4 is 14.2 Å². The molecule has 0 bridgehead atoms. The molecule has 1 aromatic heterocycles. The summed E-state index contributed by atoms with van der Waals surface area (Å²) in [7, 11) is 5.89. The molecule has 0 amide bonds. The van der Waals surface area contributed by atoms with E-state index >= 15 is 0 Å². The molecule has 3 rings (SSSR count). The van der Waals surface area contributed by atoms with Gasteiger partial charge >= 0.3 is 5.97 Å². The monoisotopic (exact) mass is 398 g/mol. The summed E-state index contributed by atoms with van der Waals surface area (Å²) in [6.07, 6.45) is 1.66. The number of ether oxygens (including phenoxy) is 3. The molecule has 1 atom stereocenters. The number of carboxylic acid groups (broad SMARTS) is 1. The molecule has 0 aliphatic carbocycles. The van der Waals surface area contributed by atoms with E-state index in [0.29, 0.717) is 5.69 Å². The molecule has 8 nitrogen and oxygen atoms in total. The molecule has 0 radical (unpaired) electrons. The van der Waals surface area contributed by atoms with Gasteiger partial charge in [0, 0.05) is 24.4 Å². The van der Waals surface area contributed by atoms with E-state index in [1.807, 2.05) is 30.3 Å². The number of rotatable bonds is 7. The first-order chi connectivity index (χ1) is 13.9. The van der Waals surface area contributed by atoms with Crippen molar-refractivity contribution >= 4 is 5.97 Å². The van der Waals surface area contributed by atoms with E-state index in [1.165, 1.54) is 38.0 Å². The summed E-state index contributed by atoms with van der Waals surface area (Å²) in [6.45, 7) is 0. The zero-order chi connectivity index (χ0) is 21.2. The Kier molecular flexibility index (Phi) is 5.47. The van der Waals surface area contributed by atoms with E-state index in [2.05, 4.69) is 4.98 Å². The number of hydrogen-bond donors (Lipinski definition) is 2. The molecular formula is C21H22N2O6. The number of aromatic nitrogens is 2. The van der Waals surface area contributed by atoms with Crippen molar-refractivity contribution in [1.29, 1.82) is 0 Å². The molecule has 2 aromatic carbocycles. The Morgan fingerprint density at radius 2 is 1.62 bits per heavy atom. The average molecular weight is 398 g/mol. The van der Waals surface area contributed by atoms with E-state index in [-0.39, 0.29) is 28.6 Å². The predicted octanol–water partition coefficient (Wildman–Crippen LogP) is 2.43. The lowest BCUT2D eigenvalue weighted by Gasteiger charge is -2.25. The van der Waals surface area contributed by atoms with Crippen LogP contribution in [-0.4, -0.2) is 47.1 Å². The highest BCUT2D eigenvalue weighted by atomic mass is 16.5. The lowest BCUT2D eigenvalue weighted by Crippen LogP contribution is -2.39. The number of aliphatic carboxylic acids is 1. The lowest BCUT2D eigenvalue weighted by atomic mass is 9.92. The highest BCUT2D eigenvalue weighted by Gasteiger charge is 2.45. The van der Waals surface area contributed by atoms with Crippen LogP contribution in [0, 0.1) is 0 Å². The first-order valence-corrected chi connectivity index (χ1v) is 8.72. The molecule has 0 spiro atoms. The number of hydrogen-bond acceptors (Lipinski definition) is 6. The summed E-state index contributed by atoms with van der Waals surface area (Å²) in [6, 6.07) is 12.1. The Balaban J connectivity index is 2.22. The maximum Gasteiger partial charge on any atom is 0.348 e. The predicted molar refractivity (Wildman–Crippen MR) is 105 cm³/mol. The van der Waals surface area contributed by atoms with Gasteiger partial charge in [0.25, 0.3) is 0 Å². The van der Waals surface area contributed by atoms with Gasteiger partial charge in [0.05, 0.1) is 27.0 Å². The summed E-state index contributed by atoms with van der Waals surface area (Å²) in [5.74, 6) is -0.812. The largest absolute Gasteiger partial charge is 0.493 e. The van der Waals surface area contributed by atoms with Crippen LogP contribution >= 0.6 is 0 Å². The molecule has 0 saturated heterocycles. The van der Waals surface area contributed by atoms with Crippen LogP contribution in [0.2, 0.25) is 0 Å². The van der Waals surface area contributed by atoms with Gasteiger partial charge in [-0.1, -0.05) is 30.3 Å². The van der Waals surface area contributed by atoms with Gasteiger partial charge in [0.2, 0.25) is 11.4 Å². The third-order valence-electron chi connectivity index (χ3n) is 4.66.